The van der Waals surface area contributed by atoms with Crippen molar-refractivity contribution < 1.29 is 9.59 Å². The lowest BCUT2D eigenvalue weighted by Gasteiger charge is -2.19. The van der Waals surface area contributed by atoms with Gasteiger partial charge in [0.1, 0.15) is 0 Å². The molecule has 0 atom stereocenters. The minimum atomic E-state index is -0.381. The van der Waals surface area contributed by atoms with E-state index in [2.05, 4.69) is 10.3 Å². The zero-order chi connectivity index (χ0) is 19.6. The fraction of sp³-hybridized carbons (Fsp3) is 0.190. The van der Waals surface area contributed by atoms with E-state index in [4.69, 9.17) is 0 Å². The third-order valence-electron chi connectivity index (χ3n) is 4.45. The molecule has 0 aliphatic heterocycles. The number of benzene rings is 2. The normalized spacial score (nSPS) is 10.6. The fourth-order valence-electron chi connectivity index (χ4n) is 3.06. The Labute approximate surface area is 156 Å². The highest BCUT2D eigenvalue weighted by Gasteiger charge is 2.19. The van der Waals surface area contributed by atoms with Crippen molar-refractivity contribution in [3.8, 4) is 0 Å². The monoisotopic (exact) mass is 363 g/mol. The molecule has 0 aliphatic rings. The number of nitrogens with zero attached hydrogens (tertiary/aromatic N) is 1. The predicted octanol–water partition coefficient (Wildman–Crippen LogP) is 2.86. The maximum Gasteiger partial charge on any atom is 0.254 e. The summed E-state index contributed by atoms with van der Waals surface area (Å²) in [5, 5.41) is 3.51. The Morgan fingerprint density at radius 3 is 2.41 bits per heavy atom. The van der Waals surface area contributed by atoms with Gasteiger partial charge in [0.2, 0.25) is 11.5 Å². The van der Waals surface area contributed by atoms with Crippen molar-refractivity contribution in [1.29, 1.82) is 0 Å². The second kappa shape index (κ2) is 7.45. The van der Waals surface area contributed by atoms with E-state index in [1.807, 2.05) is 32.0 Å². The molecule has 0 unspecified atom stereocenters. The van der Waals surface area contributed by atoms with Crippen LogP contribution in [0.1, 0.15) is 21.5 Å². The number of aromatic amines is 1. The maximum atomic E-state index is 12.8. The smallest absolute Gasteiger partial charge is 0.254 e. The van der Waals surface area contributed by atoms with Crippen LogP contribution in [-0.2, 0) is 4.79 Å². The first-order valence-corrected chi connectivity index (χ1v) is 8.60. The van der Waals surface area contributed by atoms with Gasteiger partial charge in [0.05, 0.1) is 12.1 Å². The molecule has 2 amide bonds. The molecule has 0 bridgehead atoms. The number of hydrogen-bond donors (Lipinski definition) is 2. The van der Waals surface area contributed by atoms with Crippen molar-refractivity contribution in [1.82, 2.24) is 9.88 Å². The first-order chi connectivity index (χ1) is 12.9. The summed E-state index contributed by atoms with van der Waals surface area (Å²) in [6.07, 6.45) is 0. The van der Waals surface area contributed by atoms with Crippen LogP contribution >= 0.6 is 0 Å². The Hall–Kier alpha value is -3.41. The quantitative estimate of drug-likeness (QED) is 0.748. The van der Waals surface area contributed by atoms with Crippen molar-refractivity contribution in [3.05, 3.63) is 75.6 Å². The highest BCUT2D eigenvalue weighted by Crippen LogP contribution is 2.20. The van der Waals surface area contributed by atoms with Crippen LogP contribution in [0.2, 0.25) is 0 Å². The van der Waals surface area contributed by atoms with Crippen molar-refractivity contribution in [3.63, 3.8) is 0 Å². The molecule has 0 radical (unpaired) electrons. The van der Waals surface area contributed by atoms with Crippen molar-refractivity contribution in [2.75, 3.05) is 18.9 Å². The van der Waals surface area contributed by atoms with Gasteiger partial charge in [-0.25, -0.2) is 0 Å². The van der Waals surface area contributed by atoms with Crippen LogP contribution in [0.5, 0.6) is 0 Å². The molecular formula is C21H21N3O3. The summed E-state index contributed by atoms with van der Waals surface area (Å²) in [5.41, 5.74) is 3.17. The van der Waals surface area contributed by atoms with Crippen LogP contribution in [0.3, 0.4) is 0 Å². The number of carbonyl (C=O) groups is 2. The number of carbonyl (C=O) groups excluding carboxylic acids is 2. The number of aromatic nitrogens is 1. The van der Waals surface area contributed by atoms with E-state index in [1.165, 1.54) is 11.0 Å². The summed E-state index contributed by atoms with van der Waals surface area (Å²) in [5.74, 6) is -0.675. The molecular weight excluding hydrogens is 342 g/mol. The average Bonchev–Trinajstić information content (AvgIpc) is 2.63. The van der Waals surface area contributed by atoms with Crippen LogP contribution < -0.4 is 10.9 Å². The molecule has 6 nitrogen and oxygen atoms in total. The van der Waals surface area contributed by atoms with E-state index in [0.717, 1.165) is 16.8 Å². The maximum absolute atomic E-state index is 12.8. The molecule has 2 aromatic carbocycles. The van der Waals surface area contributed by atoms with Gasteiger partial charge in [-0.2, -0.15) is 0 Å². The van der Waals surface area contributed by atoms with E-state index in [0.29, 0.717) is 10.9 Å². The number of H-pyrrole nitrogens is 1. The Kier molecular flexibility index (Phi) is 5.07. The Balaban J connectivity index is 1.80. The Bertz CT molecular complexity index is 1070. The van der Waals surface area contributed by atoms with E-state index in [-0.39, 0.29) is 29.5 Å². The van der Waals surface area contributed by atoms with Crippen LogP contribution in [-0.4, -0.2) is 35.3 Å². The molecule has 6 heteroatoms. The lowest BCUT2D eigenvalue weighted by molar-refractivity contribution is -0.116. The van der Waals surface area contributed by atoms with Gasteiger partial charge in [-0.1, -0.05) is 36.4 Å². The number of rotatable bonds is 4. The highest BCUT2D eigenvalue weighted by atomic mass is 16.2. The zero-order valence-corrected chi connectivity index (χ0v) is 15.5. The molecule has 2 N–H and O–H groups in total. The number of nitrogens with one attached hydrogen (secondary N) is 2. The lowest BCUT2D eigenvalue weighted by Crippen LogP contribution is -2.35. The third kappa shape index (κ3) is 3.89. The second-order valence-electron chi connectivity index (χ2n) is 6.57. The summed E-state index contributed by atoms with van der Waals surface area (Å²) < 4.78 is 0. The van der Waals surface area contributed by atoms with Crippen LogP contribution in [0, 0.1) is 13.8 Å². The number of hydrogen-bond acceptors (Lipinski definition) is 3. The molecule has 27 heavy (non-hydrogen) atoms. The summed E-state index contributed by atoms with van der Waals surface area (Å²) in [4.78, 5) is 41.1. The summed E-state index contributed by atoms with van der Waals surface area (Å²) >= 11 is 0. The topological polar surface area (TPSA) is 82.3 Å². The lowest BCUT2D eigenvalue weighted by atomic mass is 10.1. The van der Waals surface area contributed by atoms with Crippen molar-refractivity contribution in [2.45, 2.75) is 13.8 Å². The number of amides is 2. The van der Waals surface area contributed by atoms with Crippen molar-refractivity contribution >= 4 is 28.4 Å². The number of aryl methyl sites for hydroxylation is 2. The molecule has 0 saturated carbocycles. The van der Waals surface area contributed by atoms with Gasteiger partial charge in [-0.05, 0) is 31.0 Å². The Morgan fingerprint density at radius 1 is 1.04 bits per heavy atom. The Morgan fingerprint density at radius 2 is 1.70 bits per heavy atom. The minimum Gasteiger partial charge on any atom is -0.332 e. The number of anilines is 1. The van der Waals surface area contributed by atoms with Gasteiger partial charge >= 0.3 is 0 Å². The largest absolute Gasteiger partial charge is 0.332 e. The number of fused-ring (bicyclic) bond motifs is 1. The SMILES string of the molecule is Cc1cccc(C)c1NC(=O)CN(C)C(=O)c1cc(=O)[nH]c2ccccc12. The van der Waals surface area contributed by atoms with Crippen LogP contribution in [0.4, 0.5) is 5.69 Å². The van der Waals surface area contributed by atoms with Gasteiger partial charge in [0.15, 0.2) is 0 Å². The first kappa shape index (κ1) is 18.4. The molecule has 1 heterocycles. The molecule has 3 rings (SSSR count). The summed E-state index contributed by atoms with van der Waals surface area (Å²) in [6.45, 7) is 3.72. The van der Waals surface area contributed by atoms with Gasteiger partial charge in [0.25, 0.3) is 5.91 Å². The van der Waals surface area contributed by atoms with Gasteiger partial charge in [-0.3, -0.25) is 14.4 Å². The summed E-state index contributed by atoms with van der Waals surface area (Å²) in [6, 6.07) is 14.1. The van der Waals surface area contributed by atoms with E-state index in [9.17, 15) is 14.4 Å². The third-order valence-corrected chi connectivity index (χ3v) is 4.45. The summed E-state index contributed by atoms with van der Waals surface area (Å²) in [7, 11) is 1.54. The molecule has 0 spiro atoms. The zero-order valence-electron chi connectivity index (χ0n) is 15.5. The highest BCUT2D eigenvalue weighted by molar-refractivity contribution is 6.07. The molecule has 1 aromatic heterocycles. The molecule has 0 fully saturated rings. The standard InChI is InChI=1S/C21H21N3O3/c1-13-7-6-8-14(2)20(13)23-19(26)12-24(3)21(27)16-11-18(25)22-17-10-5-4-9-15(16)17/h4-11H,12H2,1-3H3,(H,22,25)(H,23,26). The van der Waals surface area contributed by atoms with Crippen molar-refractivity contribution in [2.24, 2.45) is 0 Å². The van der Waals surface area contributed by atoms with E-state index >= 15 is 0 Å². The number of likely N-dealkylation sites (N-methyl/N-ethyl adjacent to an activating group) is 1. The first-order valence-electron chi connectivity index (χ1n) is 8.60. The minimum absolute atomic E-state index is 0.117. The predicted molar refractivity (Wildman–Crippen MR) is 106 cm³/mol. The molecule has 3 aromatic rings. The molecule has 138 valence electrons. The van der Waals surface area contributed by atoms with E-state index in [1.54, 1.807) is 31.3 Å². The fourth-order valence-corrected chi connectivity index (χ4v) is 3.06. The molecule has 0 saturated heterocycles. The average molecular weight is 363 g/mol. The second-order valence-corrected chi connectivity index (χ2v) is 6.57. The van der Waals surface area contributed by atoms with E-state index < -0.39 is 0 Å². The molecule has 0 aliphatic carbocycles. The van der Waals surface area contributed by atoms with Crippen LogP contribution in [0.15, 0.2) is 53.3 Å². The van der Waals surface area contributed by atoms with Crippen LogP contribution in [0.25, 0.3) is 10.9 Å². The van der Waals surface area contributed by atoms with Gasteiger partial charge in [-0.15, -0.1) is 0 Å². The van der Waals surface area contributed by atoms with Gasteiger partial charge in [0, 0.05) is 29.7 Å². The number of pyridine rings is 1. The van der Waals surface area contributed by atoms with Gasteiger partial charge < -0.3 is 15.2 Å². The number of para-hydroxylation sites is 2.